The highest BCUT2D eigenvalue weighted by atomic mass is 35.5. The molecule has 2 heterocycles. The quantitative estimate of drug-likeness (QED) is 0.694. The van der Waals surface area contributed by atoms with Crippen LogP contribution in [0.1, 0.15) is 12.2 Å². The van der Waals surface area contributed by atoms with Crippen LogP contribution in [0, 0.1) is 0 Å². The molecule has 0 saturated heterocycles. The molecular formula is C7H13Cl2N3. The van der Waals surface area contributed by atoms with Gasteiger partial charge in [-0.25, -0.2) is 4.98 Å². The van der Waals surface area contributed by atoms with Crippen molar-refractivity contribution in [3.8, 4) is 0 Å². The SMILES string of the molecule is Cl.Cl.NC1CCn2ccnc2C1. The second kappa shape index (κ2) is 4.70. The van der Waals surface area contributed by atoms with Gasteiger partial charge < -0.3 is 10.3 Å². The Morgan fingerprint density at radius 2 is 2.25 bits per heavy atom. The Kier molecular flexibility index (Phi) is 4.60. The molecule has 0 fully saturated rings. The van der Waals surface area contributed by atoms with Gasteiger partial charge in [0.2, 0.25) is 0 Å². The van der Waals surface area contributed by atoms with Crippen molar-refractivity contribution in [3.63, 3.8) is 0 Å². The number of hydrogen-bond acceptors (Lipinski definition) is 2. The Labute approximate surface area is 84.2 Å². The Morgan fingerprint density at radius 1 is 1.50 bits per heavy atom. The molecule has 0 bridgehead atoms. The first-order chi connectivity index (χ1) is 4.86. The smallest absolute Gasteiger partial charge is 0.110 e. The number of fused-ring (bicyclic) bond motifs is 1. The van der Waals surface area contributed by atoms with Gasteiger partial charge in [-0.2, -0.15) is 0 Å². The summed E-state index contributed by atoms with van der Waals surface area (Å²) < 4.78 is 2.17. The highest BCUT2D eigenvalue weighted by molar-refractivity contribution is 5.85. The summed E-state index contributed by atoms with van der Waals surface area (Å²) in [7, 11) is 0. The van der Waals surface area contributed by atoms with E-state index in [2.05, 4.69) is 9.55 Å². The minimum atomic E-state index is 0. The molecule has 0 amide bonds. The van der Waals surface area contributed by atoms with Crippen molar-refractivity contribution in [3.05, 3.63) is 18.2 Å². The van der Waals surface area contributed by atoms with E-state index >= 15 is 0 Å². The van der Waals surface area contributed by atoms with Gasteiger partial charge in [-0.1, -0.05) is 0 Å². The first-order valence-electron chi connectivity index (χ1n) is 3.62. The normalized spacial score (nSPS) is 20.2. The van der Waals surface area contributed by atoms with Crippen LogP contribution in [0.2, 0.25) is 0 Å². The number of imidazole rings is 1. The average Bonchev–Trinajstić information content (AvgIpc) is 2.33. The topological polar surface area (TPSA) is 43.8 Å². The summed E-state index contributed by atoms with van der Waals surface area (Å²) in [6, 6.07) is 0.329. The van der Waals surface area contributed by atoms with Crippen molar-refractivity contribution in [1.29, 1.82) is 0 Å². The second-order valence-electron chi connectivity index (χ2n) is 2.79. The highest BCUT2D eigenvalue weighted by Gasteiger charge is 2.14. The largest absolute Gasteiger partial charge is 0.335 e. The molecule has 1 aromatic rings. The molecule has 3 nitrogen and oxygen atoms in total. The first-order valence-corrected chi connectivity index (χ1v) is 3.62. The Hall–Kier alpha value is -0.250. The Balaban J connectivity index is 0.000000605. The van der Waals surface area contributed by atoms with Gasteiger partial charge in [-0.15, -0.1) is 24.8 Å². The predicted octanol–water partition coefficient (Wildman–Crippen LogP) is 1.00. The molecule has 0 aliphatic carbocycles. The van der Waals surface area contributed by atoms with E-state index in [1.807, 2.05) is 12.4 Å². The third kappa shape index (κ3) is 2.12. The molecule has 12 heavy (non-hydrogen) atoms. The van der Waals surface area contributed by atoms with Crippen molar-refractivity contribution < 1.29 is 0 Å². The number of nitrogens with zero attached hydrogens (tertiary/aromatic N) is 2. The molecule has 5 heteroatoms. The van der Waals surface area contributed by atoms with Crippen molar-refractivity contribution in [2.24, 2.45) is 5.73 Å². The molecule has 1 atom stereocenters. The molecular weight excluding hydrogens is 197 g/mol. The van der Waals surface area contributed by atoms with Crippen molar-refractivity contribution in [2.45, 2.75) is 25.4 Å². The van der Waals surface area contributed by atoms with E-state index in [0.29, 0.717) is 6.04 Å². The fourth-order valence-corrected chi connectivity index (χ4v) is 1.38. The van der Waals surface area contributed by atoms with E-state index in [1.165, 1.54) is 0 Å². The van der Waals surface area contributed by atoms with E-state index in [1.54, 1.807) is 0 Å². The predicted molar refractivity (Wildman–Crippen MR) is 53.0 cm³/mol. The maximum atomic E-state index is 5.76. The number of aromatic nitrogens is 2. The van der Waals surface area contributed by atoms with Crippen LogP contribution in [0.5, 0.6) is 0 Å². The molecule has 1 aliphatic heterocycles. The van der Waals surface area contributed by atoms with Crippen LogP contribution in [-0.4, -0.2) is 15.6 Å². The monoisotopic (exact) mass is 209 g/mol. The number of hydrogen-bond donors (Lipinski definition) is 1. The van der Waals surface area contributed by atoms with E-state index < -0.39 is 0 Å². The van der Waals surface area contributed by atoms with E-state index in [-0.39, 0.29) is 24.8 Å². The number of rotatable bonds is 0. The van der Waals surface area contributed by atoms with Gasteiger partial charge in [0.15, 0.2) is 0 Å². The summed E-state index contributed by atoms with van der Waals surface area (Å²) in [5, 5.41) is 0. The maximum absolute atomic E-state index is 5.76. The summed E-state index contributed by atoms with van der Waals surface area (Å²) in [4.78, 5) is 4.19. The zero-order chi connectivity index (χ0) is 6.97. The van der Waals surface area contributed by atoms with E-state index in [9.17, 15) is 0 Å². The Bertz CT molecular complexity index is 236. The lowest BCUT2D eigenvalue weighted by atomic mass is 10.1. The standard InChI is InChI=1S/C7H11N3.2ClH/c8-6-1-3-10-4-2-9-7(10)5-6;;/h2,4,6H,1,3,5,8H2;2*1H. The minimum absolute atomic E-state index is 0. The van der Waals surface area contributed by atoms with Crippen LogP contribution in [0.3, 0.4) is 0 Å². The first kappa shape index (κ1) is 11.8. The lowest BCUT2D eigenvalue weighted by Crippen LogP contribution is -2.30. The zero-order valence-electron chi connectivity index (χ0n) is 6.64. The van der Waals surface area contributed by atoms with Crippen LogP contribution < -0.4 is 5.73 Å². The van der Waals surface area contributed by atoms with Gasteiger partial charge in [0.1, 0.15) is 5.82 Å². The van der Waals surface area contributed by atoms with Crippen molar-refractivity contribution >= 4 is 24.8 Å². The molecule has 0 saturated carbocycles. The molecule has 0 radical (unpaired) electrons. The molecule has 70 valence electrons. The number of halogens is 2. The molecule has 1 unspecified atom stereocenters. The van der Waals surface area contributed by atoms with Gasteiger partial charge in [-0.3, -0.25) is 0 Å². The van der Waals surface area contributed by atoms with Crippen molar-refractivity contribution in [2.75, 3.05) is 0 Å². The summed E-state index contributed by atoms with van der Waals surface area (Å²) >= 11 is 0. The molecule has 2 rings (SSSR count). The fourth-order valence-electron chi connectivity index (χ4n) is 1.38. The van der Waals surface area contributed by atoms with Gasteiger partial charge in [0.05, 0.1) is 0 Å². The van der Waals surface area contributed by atoms with Gasteiger partial charge in [0.25, 0.3) is 0 Å². The zero-order valence-corrected chi connectivity index (χ0v) is 8.27. The summed E-state index contributed by atoms with van der Waals surface area (Å²) in [6.07, 6.45) is 5.88. The minimum Gasteiger partial charge on any atom is -0.335 e. The summed E-state index contributed by atoms with van der Waals surface area (Å²) in [5.41, 5.74) is 5.76. The van der Waals surface area contributed by atoms with Crippen LogP contribution in [-0.2, 0) is 13.0 Å². The molecule has 0 spiro atoms. The molecule has 1 aromatic heterocycles. The van der Waals surface area contributed by atoms with Crippen molar-refractivity contribution in [1.82, 2.24) is 9.55 Å². The molecule has 0 aromatic carbocycles. The van der Waals surface area contributed by atoms with Gasteiger partial charge in [-0.05, 0) is 6.42 Å². The molecule has 2 N–H and O–H groups in total. The summed E-state index contributed by atoms with van der Waals surface area (Å²) in [6.45, 7) is 1.04. The summed E-state index contributed by atoms with van der Waals surface area (Å²) in [5.74, 6) is 1.14. The number of nitrogens with two attached hydrogens (primary N) is 1. The van der Waals surface area contributed by atoms with E-state index in [0.717, 1.165) is 25.2 Å². The van der Waals surface area contributed by atoms with Crippen LogP contribution in [0.15, 0.2) is 12.4 Å². The second-order valence-corrected chi connectivity index (χ2v) is 2.79. The van der Waals surface area contributed by atoms with Crippen LogP contribution >= 0.6 is 24.8 Å². The highest BCUT2D eigenvalue weighted by Crippen LogP contribution is 2.10. The van der Waals surface area contributed by atoms with E-state index in [4.69, 9.17) is 5.73 Å². The van der Waals surface area contributed by atoms with Gasteiger partial charge in [0, 0.05) is 31.4 Å². The lowest BCUT2D eigenvalue weighted by molar-refractivity contribution is 0.463. The van der Waals surface area contributed by atoms with Crippen LogP contribution in [0.25, 0.3) is 0 Å². The third-order valence-corrected chi connectivity index (χ3v) is 1.99. The van der Waals surface area contributed by atoms with Crippen LogP contribution in [0.4, 0.5) is 0 Å². The Morgan fingerprint density at radius 3 is 3.00 bits per heavy atom. The lowest BCUT2D eigenvalue weighted by Gasteiger charge is -2.18. The molecule has 1 aliphatic rings. The fraction of sp³-hybridized carbons (Fsp3) is 0.571. The maximum Gasteiger partial charge on any atom is 0.110 e. The third-order valence-electron chi connectivity index (χ3n) is 1.99. The number of aryl methyl sites for hydroxylation is 1. The average molecular weight is 210 g/mol. The van der Waals surface area contributed by atoms with Gasteiger partial charge >= 0.3 is 0 Å².